The molecule has 0 N–H and O–H groups in total. The van der Waals surface area contributed by atoms with Gasteiger partial charge in [0.25, 0.3) is 0 Å². The van der Waals surface area contributed by atoms with Gasteiger partial charge in [-0.2, -0.15) is 10.1 Å². The summed E-state index contributed by atoms with van der Waals surface area (Å²) in [6.45, 7) is 5.64. The first-order valence-electron chi connectivity index (χ1n) is 6.58. The van der Waals surface area contributed by atoms with Gasteiger partial charge in [0.15, 0.2) is 11.6 Å². The monoisotopic (exact) mass is 259 g/mol. The Hall–Kier alpha value is -1.98. The summed E-state index contributed by atoms with van der Waals surface area (Å²) in [5, 5.41) is 12.4. The van der Waals surface area contributed by atoms with Crippen molar-refractivity contribution in [2.24, 2.45) is 0 Å². The molecule has 0 radical (unpaired) electrons. The van der Waals surface area contributed by atoms with E-state index in [-0.39, 0.29) is 0 Å². The molecule has 1 fully saturated rings. The molecule has 2 aromatic heterocycles. The van der Waals surface area contributed by atoms with Crippen LogP contribution in [0.25, 0.3) is 0 Å². The van der Waals surface area contributed by atoms with Gasteiger partial charge < -0.3 is 9.42 Å². The molecule has 19 heavy (non-hydrogen) atoms. The molecule has 0 amide bonds. The lowest BCUT2D eigenvalue weighted by Gasteiger charge is -2.31. The van der Waals surface area contributed by atoms with Crippen molar-refractivity contribution >= 4 is 5.82 Å². The number of nitrogens with zero attached hydrogens (tertiary/aromatic N) is 5. The minimum atomic E-state index is 0.314. The smallest absolute Gasteiger partial charge is 0.223 e. The Morgan fingerprint density at radius 3 is 2.84 bits per heavy atom. The second-order valence-electron chi connectivity index (χ2n) is 4.99. The van der Waals surface area contributed by atoms with Crippen molar-refractivity contribution in [3.8, 4) is 0 Å². The molecule has 100 valence electrons. The number of hydrogen-bond donors (Lipinski definition) is 0. The maximum absolute atomic E-state index is 5.07. The van der Waals surface area contributed by atoms with E-state index in [1.54, 1.807) is 0 Å². The molecule has 0 saturated carbocycles. The zero-order chi connectivity index (χ0) is 13.2. The fourth-order valence-electron chi connectivity index (χ4n) is 2.44. The predicted molar refractivity (Wildman–Crippen MR) is 70.0 cm³/mol. The molecule has 0 spiro atoms. The summed E-state index contributed by atoms with van der Waals surface area (Å²) in [7, 11) is 0. The molecule has 0 bridgehead atoms. The summed E-state index contributed by atoms with van der Waals surface area (Å²) in [5.41, 5.74) is 0.936. The lowest BCUT2D eigenvalue weighted by Crippen LogP contribution is -2.35. The molecule has 1 saturated heterocycles. The second kappa shape index (κ2) is 4.95. The van der Waals surface area contributed by atoms with Crippen LogP contribution < -0.4 is 4.90 Å². The first-order valence-corrected chi connectivity index (χ1v) is 6.58. The average Bonchev–Trinajstić information content (AvgIpc) is 2.86. The van der Waals surface area contributed by atoms with Crippen molar-refractivity contribution in [3.05, 3.63) is 29.5 Å². The van der Waals surface area contributed by atoms with Crippen LogP contribution in [0.3, 0.4) is 0 Å². The largest absolute Gasteiger partial charge is 0.354 e. The average molecular weight is 259 g/mol. The third-order valence-corrected chi connectivity index (χ3v) is 3.44. The van der Waals surface area contributed by atoms with Crippen LogP contribution in [0.1, 0.15) is 36.2 Å². The summed E-state index contributed by atoms with van der Waals surface area (Å²) in [6, 6.07) is 4.01. The highest BCUT2D eigenvalue weighted by atomic mass is 16.5. The summed E-state index contributed by atoms with van der Waals surface area (Å²) in [5.74, 6) is 2.68. The van der Waals surface area contributed by atoms with Crippen LogP contribution >= 0.6 is 0 Å². The van der Waals surface area contributed by atoms with E-state index < -0.39 is 0 Å². The van der Waals surface area contributed by atoms with Gasteiger partial charge >= 0.3 is 0 Å². The minimum absolute atomic E-state index is 0.314. The van der Waals surface area contributed by atoms with Crippen molar-refractivity contribution in [1.29, 1.82) is 0 Å². The topological polar surface area (TPSA) is 67.9 Å². The molecule has 2 aromatic rings. The summed E-state index contributed by atoms with van der Waals surface area (Å²) in [6.07, 6.45) is 2.20. The van der Waals surface area contributed by atoms with E-state index in [0.717, 1.165) is 43.3 Å². The van der Waals surface area contributed by atoms with Crippen LogP contribution in [-0.2, 0) is 0 Å². The number of anilines is 1. The number of piperidine rings is 1. The lowest BCUT2D eigenvalue weighted by atomic mass is 9.97. The van der Waals surface area contributed by atoms with E-state index in [2.05, 4.69) is 25.2 Å². The molecule has 0 aromatic carbocycles. The van der Waals surface area contributed by atoms with Gasteiger partial charge in [0, 0.05) is 25.9 Å². The third kappa shape index (κ3) is 2.57. The molecule has 1 aliphatic rings. The van der Waals surface area contributed by atoms with Gasteiger partial charge in [0.05, 0.1) is 5.69 Å². The summed E-state index contributed by atoms with van der Waals surface area (Å²) < 4.78 is 5.07. The van der Waals surface area contributed by atoms with Gasteiger partial charge in [-0.3, -0.25) is 0 Å². The zero-order valence-electron chi connectivity index (χ0n) is 11.2. The Balaban J connectivity index is 1.76. The molecular weight excluding hydrogens is 242 g/mol. The van der Waals surface area contributed by atoms with Crippen molar-refractivity contribution in [2.75, 3.05) is 18.0 Å². The van der Waals surface area contributed by atoms with E-state index in [4.69, 9.17) is 4.52 Å². The quantitative estimate of drug-likeness (QED) is 0.820. The highest BCUT2D eigenvalue weighted by Crippen LogP contribution is 2.27. The standard InChI is InChI=1S/C13H17N5O/c1-9-5-6-12(16-15-9)18-7-3-4-11(8-18)13-14-10(2)19-17-13/h5-6,11H,3-4,7-8H2,1-2H3. The second-order valence-corrected chi connectivity index (χ2v) is 4.99. The van der Waals surface area contributed by atoms with Crippen molar-refractivity contribution in [2.45, 2.75) is 32.6 Å². The van der Waals surface area contributed by atoms with Crippen molar-refractivity contribution in [3.63, 3.8) is 0 Å². The highest BCUT2D eigenvalue weighted by Gasteiger charge is 2.25. The van der Waals surface area contributed by atoms with Crippen molar-refractivity contribution in [1.82, 2.24) is 20.3 Å². The third-order valence-electron chi connectivity index (χ3n) is 3.44. The van der Waals surface area contributed by atoms with Gasteiger partial charge in [0.1, 0.15) is 0 Å². The summed E-state index contributed by atoms with van der Waals surface area (Å²) >= 11 is 0. The Morgan fingerprint density at radius 2 is 2.16 bits per heavy atom. The Kier molecular flexibility index (Phi) is 3.15. The van der Waals surface area contributed by atoms with Gasteiger partial charge in [-0.25, -0.2) is 0 Å². The minimum Gasteiger partial charge on any atom is -0.354 e. The highest BCUT2D eigenvalue weighted by molar-refractivity contribution is 5.38. The van der Waals surface area contributed by atoms with Crippen LogP contribution in [0.5, 0.6) is 0 Å². The Morgan fingerprint density at radius 1 is 1.26 bits per heavy atom. The SMILES string of the molecule is Cc1ccc(N2CCCC(c3noc(C)n3)C2)nn1. The normalized spacial score (nSPS) is 19.7. The van der Waals surface area contributed by atoms with Gasteiger partial charge in [-0.05, 0) is 31.9 Å². The Bertz CT molecular complexity index is 550. The molecular formula is C13H17N5O. The number of aromatic nitrogens is 4. The molecule has 6 nitrogen and oxygen atoms in total. The molecule has 6 heteroatoms. The molecule has 3 rings (SSSR count). The number of aryl methyl sites for hydroxylation is 2. The molecule has 1 unspecified atom stereocenters. The maximum atomic E-state index is 5.07. The van der Waals surface area contributed by atoms with Crippen LogP contribution in [-0.4, -0.2) is 33.4 Å². The lowest BCUT2D eigenvalue weighted by molar-refractivity contribution is 0.376. The number of hydrogen-bond acceptors (Lipinski definition) is 6. The van der Waals surface area contributed by atoms with E-state index in [9.17, 15) is 0 Å². The van der Waals surface area contributed by atoms with Crippen molar-refractivity contribution < 1.29 is 4.52 Å². The fourth-order valence-corrected chi connectivity index (χ4v) is 2.44. The molecule has 3 heterocycles. The van der Waals surface area contributed by atoms with Gasteiger partial charge in [-0.15, -0.1) is 5.10 Å². The number of rotatable bonds is 2. The molecule has 0 aliphatic carbocycles. The van der Waals surface area contributed by atoms with Crippen LogP contribution in [0.15, 0.2) is 16.7 Å². The van der Waals surface area contributed by atoms with Gasteiger partial charge in [-0.1, -0.05) is 5.16 Å². The first-order chi connectivity index (χ1) is 9.22. The predicted octanol–water partition coefficient (Wildman–Crippen LogP) is 1.86. The van der Waals surface area contributed by atoms with E-state index in [1.165, 1.54) is 0 Å². The van der Waals surface area contributed by atoms with Gasteiger partial charge in [0.2, 0.25) is 5.89 Å². The Labute approximate surface area is 111 Å². The fraction of sp³-hybridized carbons (Fsp3) is 0.538. The van der Waals surface area contributed by atoms with E-state index >= 15 is 0 Å². The van der Waals surface area contributed by atoms with Crippen LogP contribution in [0.4, 0.5) is 5.82 Å². The van der Waals surface area contributed by atoms with E-state index in [1.807, 2.05) is 26.0 Å². The zero-order valence-corrected chi connectivity index (χ0v) is 11.2. The first kappa shape index (κ1) is 12.1. The summed E-state index contributed by atoms with van der Waals surface area (Å²) in [4.78, 5) is 6.58. The molecule has 1 atom stereocenters. The maximum Gasteiger partial charge on any atom is 0.223 e. The molecule has 1 aliphatic heterocycles. The van der Waals surface area contributed by atoms with Crippen LogP contribution in [0.2, 0.25) is 0 Å². The van der Waals surface area contributed by atoms with Crippen LogP contribution in [0, 0.1) is 13.8 Å². The van der Waals surface area contributed by atoms with E-state index in [0.29, 0.717) is 11.8 Å².